The van der Waals surface area contributed by atoms with Crippen LogP contribution in [0.4, 0.5) is 10.5 Å². The summed E-state index contributed by atoms with van der Waals surface area (Å²) >= 11 is 0. The number of hydrogen-bond acceptors (Lipinski definition) is 6. The molecule has 9 nitrogen and oxygen atoms in total. The number of amides is 1. The summed E-state index contributed by atoms with van der Waals surface area (Å²) in [5.41, 5.74) is 2.07. The molecule has 2 N–H and O–H groups in total. The Kier molecular flexibility index (Phi) is 5.36. The van der Waals surface area contributed by atoms with Crippen molar-refractivity contribution in [2.75, 3.05) is 4.90 Å². The van der Waals surface area contributed by atoms with Crippen LogP contribution in [-0.2, 0) is 13.0 Å². The van der Waals surface area contributed by atoms with E-state index in [9.17, 15) is 15.0 Å². The molecular weight excluding hydrogens is 398 g/mol. The van der Waals surface area contributed by atoms with Crippen molar-refractivity contribution < 1.29 is 19.7 Å². The van der Waals surface area contributed by atoms with E-state index in [2.05, 4.69) is 15.1 Å². The average molecular weight is 423 g/mol. The summed E-state index contributed by atoms with van der Waals surface area (Å²) in [6.45, 7) is 5.67. The Bertz CT molecular complexity index is 1090. The summed E-state index contributed by atoms with van der Waals surface area (Å²) in [6, 6.07) is 3.52. The van der Waals surface area contributed by atoms with Crippen LogP contribution in [0.1, 0.15) is 32.8 Å². The fraction of sp³-hybridized carbons (Fsp3) is 0.364. The normalized spacial score (nSPS) is 16.1. The van der Waals surface area contributed by atoms with Crippen LogP contribution in [0.25, 0.3) is 11.1 Å². The van der Waals surface area contributed by atoms with E-state index in [1.54, 1.807) is 30.9 Å². The number of aromatic nitrogens is 4. The molecule has 1 amide bonds. The van der Waals surface area contributed by atoms with Gasteiger partial charge in [0.1, 0.15) is 5.75 Å². The average Bonchev–Trinajstić information content (AvgIpc) is 3.14. The molecular formula is C22H25N5O4. The minimum Gasteiger partial charge on any atom is -0.465 e. The molecule has 1 atom stereocenters. The molecule has 0 aliphatic carbocycles. The standard InChI is InChI=1S/C22H25N5O4/c1-14-4-5-17-18(27(14)21(28)29)7-6-16(20(17)31-19-11-23-8-9-24-19)15-10-25-26(12-15)13-22(2,3)30/h6-12,14,30H,4-5,13H2,1-3H3,(H,28,29)/t14-/m0/s1. The second-order valence-corrected chi connectivity index (χ2v) is 8.36. The lowest BCUT2D eigenvalue weighted by Gasteiger charge is -2.34. The Balaban J connectivity index is 1.83. The first-order valence-electron chi connectivity index (χ1n) is 10.1. The summed E-state index contributed by atoms with van der Waals surface area (Å²) in [5, 5.41) is 24.2. The molecule has 0 saturated carbocycles. The lowest BCUT2D eigenvalue weighted by atomic mass is 9.92. The number of carbonyl (C=O) groups is 1. The largest absolute Gasteiger partial charge is 0.465 e. The van der Waals surface area contributed by atoms with Crippen LogP contribution in [-0.4, -0.2) is 47.7 Å². The smallest absolute Gasteiger partial charge is 0.412 e. The van der Waals surface area contributed by atoms with Gasteiger partial charge < -0.3 is 14.9 Å². The molecule has 0 bridgehead atoms. The van der Waals surface area contributed by atoms with E-state index < -0.39 is 11.7 Å². The topological polar surface area (TPSA) is 114 Å². The number of carboxylic acid groups (broad SMARTS) is 1. The first-order chi connectivity index (χ1) is 14.7. The minimum atomic E-state index is -0.996. The summed E-state index contributed by atoms with van der Waals surface area (Å²) in [7, 11) is 0. The first kappa shape index (κ1) is 20.8. The quantitative estimate of drug-likeness (QED) is 0.643. The van der Waals surface area contributed by atoms with Gasteiger partial charge in [-0.25, -0.2) is 9.78 Å². The van der Waals surface area contributed by atoms with Crippen LogP contribution in [0.5, 0.6) is 11.6 Å². The Labute approximate surface area is 179 Å². The predicted octanol–water partition coefficient (Wildman–Crippen LogP) is 3.72. The van der Waals surface area contributed by atoms with Crippen molar-refractivity contribution in [2.24, 2.45) is 0 Å². The third-order valence-electron chi connectivity index (χ3n) is 5.19. The van der Waals surface area contributed by atoms with E-state index >= 15 is 0 Å². The predicted molar refractivity (Wildman–Crippen MR) is 114 cm³/mol. The number of aliphatic hydroxyl groups is 1. The molecule has 1 aliphatic rings. The molecule has 0 radical (unpaired) electrons. The molecule has 3 aromatic rings. The zero-order chi connectivity index (χ0) is 22.2. The monoisotopic (exact) mass is 423 g/mol. The Morgan fingerprint density at radius 2 is 2.10 bits per heavy atom. The highest BCUT2D eigenvalue weighted by atomic mass is 16.5. The van der Waals surface area contributed by atoms with E-state index in [0.717, 1.165) is 16.7 Å². The molecule has 0 saturated heterocycles. The molecule has 9 heteroatoms. The van der Waals surface area contributed by atoms with Crippen molar-refractivity contribution in [2.45, 2.75) is 51.8 Å². The summed E-state index contributed by atoms with van der Waals surface area (Å²) in [6.07, 6.45) is 8.51. The maximum Gasteiger partial charge on any atom is 0.412 e. The Hall–Kier alpha value is -3.46. The van der Waals surface area contributed by atoms with Crippen LogP contribution in [0.3, 0.4) is 0 Å². The van der Waals surface area contributed by atoms with Crippen molar-refractivity contribution in [1.29, 1.82) is 0 Å². The zero-order valence-electron chi connectivity index (χ0n) is 17.7. The van der Waals surface area contributed by atoms with E-state index in [-0.39, 0.29) is 6.04 Å². The number of fused-ring (bicyclic) bond motifs is 1. The van der Waals surface area contributed by atoms with Crippen LogP contribution in [0, 0.1) is 0 Å². The molecule has 1 aromatic carbocycles. The Morgan fingerprint density at radius 3 is 2.77 bits per heavy atom. The first-order valence-corrected chi connectivity index (χ1v) is 10.1. The van der Waals surface area contributed by atoms with Crippen molar-refractivity contribution in [3.8, 4) is 22.8 Å². The second-order valence-electron chi connectivity index (χ2n) is 8.36. The van der Waals surface area contributed by atoms with Crippen LogP contribution >= 0.6 is 0 Å². The van der Waals surface area contributed by atoms with Crippen molar-refractivity contribution in [3.05, 3.63) is 48.7 Å². The third kappa shape index (κ3) is 4.36. The van der Waals surface area contributed by atoms with Gasteiger partial charge in [-0.15, -0.1) is 0 Å². The van der Waals surface area contributed by atoms with Gasteiger partial charge in [0.15, 0.2) is 0 Å². The number of hydrogen-bond donors (Lipinski definition) is 2. The number of benzene rings is 1. The van der Waals surface area contributed by atoms with Gasteiger partial charge in [-0.05, 0) is 45.7 Å². The zero-order valence-corrected chi connectivity index (χ0v) is 17.7. The maximum atomic E-state index is 11.9. The van der Waals surface area contributed by atoms with Crippen molar-refractivity contribution in [1.82, 2.24) is 19.7 Å². The van der Waals surface area contributed by atoms with E-state index in [1.807, 2.05) is 25.3 Å². The molecule has 0 spiro atoms. The van der Waals surface area contributed by atoms with Gasteiger partial charge in [0.05, 0.1) is 30.2 Å². The van der Waals surface area contributed by atoms with E-state index in [0.29, 0.717) is 36.7 Å². The van der Waals surface area contributed by atoms with Crippen LogP contribution in [0.15, 0.2) is 43.1 Å². The number of nitrogens with zero attached hydrogens (tertiary/aromatic N) is 5. The summed E-state index contributed by atoms with van der Waals surface area (Å²) in [4.78, 5) is 21.6. The van der Waals surface area contributed by atoms with Gasteiger partial charge in [0.2, 0.25) is 5.88 Å². The van der Waals surface area contributed by atoms with Crippen LogP contribution in [0.2, 0.25) is 0 Å². The fourth-order valence-electron chi connectivity index (χ4n) is 3.87. The van der Waals surface area contributed by atoms with E-state index in [1.165, 1.54) is 17.3 Å². The number of rotatable bonds is 5. The van der Waals surface area contributed by atoms with Crippen molar-refractivity contribution >= 4 is 11.8 Å². The van der Waals surface area contributed by atoms with Gasteiger partial charge in [-0.2, -0.15) is 5.10 Å². The summed E-state index contributed by atoms with van der Waals surface area (Å²) < 4.78 is 7.83. The molecule has 0 fully saturated rings. The Morgan fingerprint density at radius 1 is 1.29 bits per heavy atom. The SMILES string of the molecule is C[C@H]1CCc2c(ccc(-c3cnn(CC(C)(C)O)c3)c2Oc2cnccn2)N1C(=O)O. The lowest BCUT2D eigenvalue weighted by Crippen LogP contribution is -2.41. The highest BCUT2D eigenvalue weighted by molar-refractivity contribution is 5.91. The molecule has 1 aliphatic heterocycles. The molecule has 31 heavy (non-hydrogen) atoms. The van der Waals surface area contributed by atoms with Gasteiger partial charge in [0.25, 0.3) is 0 Å². The van der Waals surface area contributed by atoms with Gasteiger partial charge in [0, 0.05) is 41.3 Å². The van der Waals surface area contributed by atoms with Crippen LogP contribution < -0.4 is 9.64 Å². The van der Waals surface area contributed by atoms with Crippen molar-refractivity contribution in [3.63, 3.8) is 0 Å². The molecule has 3 heterocycles. The maximum absolute atomic E-state index is 11.9. The molecule has 0 unspecified atom stereocenters. The van der Waals surface area contributed by atoms with E-state index in [4.69, 9.17) is 4.74 Å². The van der Waals surface area contributed by atoms with Gasteiger partial charge >= 0.3 is 6.09 Å². The van der Waals surface area contributed by atoms with Gasteiger partial charge in [-0.1, -0.05) is 0 Å². The lowest BCUT2D eigenvalue weighted by molar-refractivity contribution is 0.0577. The third-order valence-corrected chi connectivity index (χ3v) is 5.19. The fourth-order valence-corrected chi connectivity index (χ4v) is 3.87. The molecule has 162 valence electrons. The highest BCUT2D eigenvalue weighted by Crippen LogP contribution is 2.44. The number of anilines is 1. The van der Waals surface area contributed by atoms with Gasteiger partial charge in [-0.3, -0.25) is 14.6 Å². The second kappa shape index (κ2) is 7.99. The minimum absolute atomic E-state index is 0.130. The number of ether oxygens (including phenoxy) is 1. The molecule has 4 rings (SSSR count). The summed E-state index contributed by atoms with van der Waals surface area (Å²) in [5.74, 6) is 0.862. The molecule has 2 aromatic heterocycles. The highest BCUT2D eigenvalue weighted by Gasteiger charge is 2.32.